The van der Waals surface area contributed by atoms with Crippen LogP contribution in [0.4, 0.5) is 5.69 Å². The average Bonchev–Trinajstić information content (AvgIpc) is 2.82. The molecule has 0 aromatic heterocycles. The van der Waals surface area contributed by atoms with Gasteiger partial charge in [0.1, 0.15) is 11.5 Å². The lowest BCUT2D eigenvalue weighted by Gasteiger charge is -2.35. The molecule has 1 amide bonds. The summed E-state index contributed by atoms with van der Waals surface area (Å²) in [6.45, 7) is 2.07. The summed E-state index contributed by atoms with van der Waals surface area (Å²) in [5.74, 6) is 0.532. The first-order chi connectivity index (χ1) is 15.4. The molecule has 3 aromatic carbocycles. The van der Waals surface area contributed by atoms with Crippen LogP contribution in [0.15, 0.2) is 77.7 Å². The molecule has 1 aliphatic heterocycles. The second kappa shape index (κ2) is 8.92. The number of sulfonamides is 1. The van der Waals surface area contributed by atoms with E-state index in [4.69, 9.17) is 9.47 Å². The fourth-order valence-electron chi connectivity index (χ4n) is 3.50. The fourth-order valence-corrected chi connectivity index (χ4v) is 4.98. The van der Waals surface area contributed by atoms with Gasteiger partial charge >= 0.3 is 0 Å². The van der Waals surface area contributed by atoms with Crippen molar-refractivity contribution in [2.75, 3.05) is 18.0 Å². The van der Waals surface area contributed by atoms with Crippen molar-refractivity contribution >= 4 is 21.6 Å². The number of anilines is 1. The van der Waals surface area contributed by atoms with Crippen LogP contribution in [-0.4, -0.2) is 34.1 Å². The highest BCUT2D eigenvalue weighted by Crippen LogP contribution is 2.38. The first-order valence-corrected chi connectivity index (χ1v) is 11.6. The highest BCUT2D eigenvalue weighted by molar-refractivity contribution is 7.92. The Morgan fingerprint density at radius 1 is 1.09 bits per heavy atom. The van der Waals surface area contributed by atoms with Gasteiger partial charge in [-0.2, -0.15) is 0 Å². The standard InChI is InChI=1S/C24H24N2O5S/c1-17-8-13-21-22(14-17)31-23(24(27)25-15-18-6-4-3-5-7-18)16-26(21)32(28,29)20-11-9-19(30-2)10-12-20/h3-14,23H,15-16H2,1-2H3,(H,25,27)/t23-/m1/s1. The van der Waals surface area contributed by atoms with Crippen LogP contribution in [0.5, 0.6) is 11.5 Å². The highest BCUT2D eigenvalue weighted by atomic mass is 32.2. The number of amides is 1. The molecule has 0 aliphatic carbocycles. The number of hydrogen-bond donors (Lipinski definition) is 1. The second-order valence-corrected chi connectivity index (χ2v) is 9.36. The zero-order chi connectivity index (χ0) is 22.7. The van der Waals surface area contributed by atoms with Crippen LogP contribution in [0.2, 0.25) is 0 Å². The van der Waals surface area contributed by atoms with Crippen LogP contribution in [0.25, 0.3) is 0 Å². The maximum absolute atomic E-state index is 13.5. The lowest BCUT2D eigenvalue weighted by Crippen LogP contribution is -2.50. The Balaban J connectivity index is 1.63. The molecule has 0 unspecified atom stereocenters. The monoisotopic (exact) mass is 452 g/mol. The summed E-state index contributed by atoms with van der Waals surface area (Å²) < 4.78 is 39.2. The number of benzene rings is 3. The molecular formula is C24H24N2O5S. The maximum atomic E-state index is 13.5. The zero-order valence-corrected chi connectivity index (χ0v) is 18.6. The Morgan fingerprint density at radius 3 is 2.50 bits per heavy atom. The van der Waals surface area contributed by atoms with Crippen molar-refractivity contribution in [2.45, 2.75) is 24.5 Å². The van der Waals surface area contributed by atoms with Gasteiger partial charge in [0, 0.05) is 6.54 Å². The van der Waals surface area contributed by atoms with Crippen molar-refractivity contribution in [1.82, 2.24) is 5.32 Å². The number of rotatable bonds is 6. The third-order valence-corrected chi connectivity index (χ3v) is 7.03. The van der Waals surface area contributed by atoms with Gasteiger partial charge in [0.05, 0.1) is 24.2 Å². The largest absolute Gasteiger partial charge is 0.497 e. The van der Waals surface area contributed by atoms with Crippen molar-refractivity contribution in [2.24, 2.45) is 0 Å². The van der Waals surface area contributed by atoms with Gasteiger partial charge in [-0.1, -0.05) is 36.4 Å². The molecule has 0 fully saturated rings. The van der Waals surface area contributed by atoms with Gasteiger partial charge < -0.3 is 14.8 Å². The molecule has 4 rings (SSSR count). The smallest absolute Gasteiger partial charge is 0.264 e. The van der Waals surface area contributed by atoms with Gasteiger partial charge in [0.15, 0.2) is 6.10 Å². The zero-order valence-electron chi connectivity index (χ0n) is 17.8. The number of ether oxygens (including phenoxy) is 2. The van der Waals surface area contributed by atoms with Crippen LogP contribution in [0, 0.1) is 6.92 Å². The Kier molecular flexibility index (Phi) is 6.05. The predicted molar refractivity (Wildman–Crippen MR) is 121 cm³/mol. The van der Waals surface area contributed by atoms with E-state index in [0.29, 0.717) is 23.7 Å². The molecule has 32 heavy (non-hydrogen) atoms. The summed E-state index contributed by atoms with van der Waals surface area (Å²) in [5.41, 5.74) is 2.24. The number of methoxy groups -OCH3 is 1. The molecule has 0 saturated heterocycles. The second-order valence-electron chi connectivity index (χ2n) is 7.49. The van der Waals surface area contributed by atoms with Gasteiger partial charge in [0.2, 0.25) is 0 Å². The van der Waals surface area contributed by atoms with E-state index in [1.54, 1.807) is 24.3 Å². The van der Waals surface area contributed by atoms with E-state index in [1.807, 2.05) is 43.3 Å². The minimum absolute atomic E-state index is 0.107. The molecule has 7 nitrogen and oxygen atoms in total. The highest BCUT2D eigenvalue weighted by Gasteiger charge is 2.37. The lowest BCUT2D eigenvalue weighted by atomic mass is 10.1. The Morgan fingerprint density at radius 2 is 1.81 bits per heavy atom. The Hall–Kier alpha value is -3.52. The number of aryl methyl sites for hydroxylation is 1. The summed E-state index contributed by atoms with van der Waals surface area (Å²) in [4.78, 5) is 13.0. The summed E-state index contributed by atoms with van der Waals surface area (Å²) in [5, 5.41) is 2.84. The summed E-state index contributed by atoms with van der Waals surface area (Å²) in [7, 11) is -2.41. The fraction of sp³-hybridized carbons (Fsp3) is 0.208. The lowest BCUT2D eigenvalue weighted by molar-refractivity contribution is -0.127. The van der Waals surface area contributed by atoms with Gasteiger partial charge in [-0.3, -0.25) is 9.10 Å². The molecular weight excluding hydrogens is 428 g/mol. The molecule has 8 heteroatoms. The van der Waals surface area contributed by atoms with Crippen LogP contribution in [0.1, 0.15) is 11.1 Å². The molecule has 1 heterocycles. The Bertz CT molecular complexity index is 1210. The van der Waals surface area contributed by atoms with E-state index in [-0.39, 0.29) is 17.3 Å². The van der Waals surface area contributed by atoms with Gasteiger partial charge in [-0.25, -0.2) is 8.42 Å². The number of carbonyl (C=O) groups is 1. The quantitative estimate of drug-likeness (QED) is 0.621. The Labute approximate surface area is 187 Å². The summed E-state index contributed by atoms with van der Waals surface area (Å²) >= 11 is 0. The van der Waals surface area contributed by atoms with E-state index >= 15 is 0 Å². The predicted octanol–water partition coefficient (Wildman–Crippen LogP) is 3.28. The first-order valence-electron chi connectivity index (χ1n) is 10.1. The molecule has 1 aliphatic rings. The van der Waals surface area contributed by atoms with Crippen LogP contribution in [0.3, 0.4) is 0 Å². The molecule has 1 N–H and O–H groups in total. The van der Waals surface area contributed by atoms with Crippen molar-refractivity contribution in [1.29, 1.82) is 0 Å². The van der Waals surface area contributed by atoms with E-state index in [0.717, 1.165) is 11.1 Å². The molecule has 0 bridgehead atoms. The normalized spacial score (nSPS) is 15.4. The van der Waals surface area contributed by atoms with E-state index < -0.39 is 16.1 Å². The van der Waals surface area contributed by atoms with E-state index in [1.165, 1.54) is 23.5 Å². The number of carbonyl (C=O) groups excluding carboxylic acids is 1. The number of fused-ring (bicyclic) bond motifs is 1. The van der Waals surface area contributed by atoms with Gasteiger partial charge in [-0.15, -0.1) is 0 Å². The minimum Gasteiger partial charge on any atom is -0.497 e. The average molecular weight is 453 g/mol. The third kappa shape index (κ3) is 4.40. The molecule has 0 radical (unpaired) electrons. The van der Waals surface area contributed by atoms with Crippen LogP contribution >= 0.6 is 0 Å². The van der Waals surface area contributed by atoms with Crippen molar-refractivity contribution in [3.8, 4) is 11.5 Å². The molecule has 1 atom stereocenters. The SMILES string of the molecule is COc1ccc(S(=O)(=O)N2C[C@H](C(=O)NCc3ccccc3)Oc3cc(C)ccc32)cc1. The van der Waals surface area contributed by atoms with E-state index in [2.05, 4.69) is 5.32 Å². The van der Waals surface area contributed by atoms with Crippen molar-refractivity contribution in [3.63, 3.8) is 0 Å². The van der Waals surface area contributed by atoms with E-state index in [9.17, 15) is 13.2 Å². The molecule has 166 valence electrons. The molecule has 0 saturated carbocycles. The van der Waals surface area contributed by atoms with Crippen LogP contribution in [-0.2, 0) is 21.4 Å². The van der Waals surface area contributed by atoms with Crippen molar-refractivity contribution in [3.05, 3.63) is 83.9 Å². The van der Waals surface area contributed by atoms with Crippen molar-refractivity contribution < 1.29 is 22.7 Å². The molecule has 0 spiro atoms. The molecule has 3 aromatic rings. The number of nitrogens with one attached hydrogen (secondary N) is 1. The first kappa shape index (κ1) is 21.7. The topological polar surface area (TPSA) is 84.9 Å². The summed E-state index contributed by atoms with van der Waals surface area (Å²) in [6, 6.07) is 20.9. The minimum atomic E-state index is -3.93. The van der Waals surface area contributed by atoms with Crippen LogP contribution < -0.4 is 19.1 Å². The maximum Gasteiger partial charge on any atom is 0.264 e. The number of nitrogens with zero attached hydrogens (tertiary/aromatic N) is 1. The summed E-state index contributed by atoms with van der Waals surface area (Å²) in [6.07, 6.45) is -0.985. The van der Waals surface area contributed by atoms with Gasteiger partial charge in [0.25, 0.3) is 15.9 Å². The third-order valence-electron chi connectivity index (χ3n) is 5.23. The number of hydrogen-bond acceptors (Lipinski definition) is 5. The van der Waals surface area contributed by atoms with Gasteiger partial charge in [-0.05, 0) is 54.4 Å².